The molecule has 100 valence electrons. The molecule has 0 spiro atoms. The van der Waals surface area contributed by atoms with Crippen molar-refractivity contribution in [3.63, 3.8) is 0 Å². The lowest BCUT2D eigenvalue weighted by atomic mass is 10.1. The number of rotatable bonds is 5. The predicted molar refractivity (Wildman–Crippen MR) is 69.8 cm³/mol. The largest absolute Gasteiger partial charge is 0.508 e. The number of primary sulfonamides is 1. The molecule has 1 aromatic rings. The number of nitrogens with two attached hydrogens (primary N) is 1. The zero-order chi connectivity index (χ0) is 13.2. The molecule has 1 unspecified atom stereocenters. The lowest BCUT2D eigenvalue weighted by Crippen LogP contribution is -2.24. The average Bonchev–Trinajstić information content (AvgIpc) is 2.65. The van der Waals surface area contributed by atoms with E-state index in [1.54, 1.807) is 12.1 Å². The van der Waals surface area contributed by atoms with Gasteiger partial charge in [0, 0.05) is 6.04 Å². The predicted octanol–water partition coefficient (Wildman–Crippen LogP) is 0.648. The van der Waals surface area contributed by atoms with Crippen molar-refractivity contribution in [1.29, 1.82) is 0 Å². The highest BCUT2D eigenvalue weighted by Gasteiger charge is 2.21. The Balaban J connectivity index is 1.87. The van der Waals surface area contributed by atoms with E-state index in [1.807, 2.05) is 6.07 Å². The molecule has 0 aromatic heterocycles. The molecule has 0 saturated heterocycles. The van der Waals surface area contributed by atoms with E-state index in [0.29, 0.717) is 18.7 Å². The first kappa shape index (κ1) is 13.3. The second-order valence-corrected chi connectivity index (χ2v) is 6.38. The zero-order valence-corrected chi connectivity index (χ0v) is 10.9. The Morgan fingerprint density at radius 2 is 2.22 bits per heavy atom. The van der Waals surface area contributed by atoms with E-state index in [2.05, 4.69) is 5.32 Å². The number of phenols is 1. The Morgan fingerprint density at radius 1 is 1.44 bits per heavy atom. The Bertz CT molecular complexity index is 528. The molecule has 0 aliphatic heterocycles. The molecular weight excluding hydrogens is 252 g/mol. The van der Waals surface area contributed by atoms with Gasteiger partial charge in [-0.05, 0) is 49.1 Å². The Kier molecular flexibility index (Phi) is 3.89. The maximum absolute atomic E-state index is 10.8. The maximum Gasteiger partial charge on any atom is 0.209 e. The molecule has 0 heterocycles. The highest BCUT2D eigenvalue weighted by Crippen LogP contribution is 2.32. The van der Waals surface area contributed by atoms with Gasteiger partial charge in [-0.25, -0.2) is 13.6 Å². The molecule has 6 heteroatoms. The van der Waals surface area contributed by atoms with Crippen LogP contribution in [-0.4, -0.2) is 25.8 Å². The number of fused-ring (bicyclic) bond motifs is 1. The van der Waals surface area contributed by atoms with Crippen molar-refractivity contribution in [2.75, 3.05) is 12.3 Å². The Morgan fingerprint density at radius 3 is 2.94 bits per heavy atom. The average molecular weight is 270 g/mol. The summed E-state index contributed by atoms with van der Waals surface area (Å²) in [5.74, 6) is 0.304. The van der Waals surface area contributed by atoms with Crippen LogP contribution in [-0.2, 0) is 16.4 Å². The number of phenolic OH excluding ortho intramolecular Hbond substituents is 1. The number of hydrogen-bond acceptors (Lipinski definition) is 4. The van der Waals surface area contributed by atoms with Crippen LogP contribution in [0.2, 0.25) is 0 Å². The standard InChI is InChI=1S/C12H18N2O3S/c13-18(16,17)7-1-6-14-12-5-2-9-8-10(15)3-4-11(9)12/h3-4,8,12,14-15H,1-2,5-7H2,(H2,13,16,17). The van der Waals surface area contributed by atoms with E-state index in [4.69, 9.17) is 5.14 Å². The normalized spacial score (nSPS) is 18.8. The van der Waals surface area contributed by atoms with Crippen molar-refractivity contribution in [3.8, 4) is 5.75 Å². The number of nitrogens with one attached hydrogen (secondary N) is 1. The summed E-state index contributed by atoms with van der Waals surface area (Å²) in [6.45, 7) is 0.626. The maximum atomic E-state index is 10.8. The Labute approximate surface area is 107 Å². The van der Waals surface area contributed by atoms with E-state index in [0.717, 1.165) is 12.8 Å². The minimum atomic E-state index is -3.36. The molecule has 2 rings (SSSR count). The van der Waals surface area contributed by atoms with Crippen LogP contribution < -0.4 is 10.5 Å². The van der Waals surface area contributed by atoms with Crippen LogP contribution in [0.15, 0.2) is 18.2 Å². The van der Waals surface area contributed by atoms with Gasteiger partial charge in [-0.15, -0.1) is 0 Å². The van der Waals surface area contributed by atoms with Crippen LogP contribution in [0.5, 0.6) is 5.75 Å². The number of aromatic hydroxyl groups is 1. The third-order valence-electron chi connectivity index (χ3n) is 3.20. The molecule has 0 radical (unpaired) electrons. The summed E-state index contributed by atoms with van der Waals surface area (Å²) >= 11 is 0. The first-order chi connectivity index (χ1) is 8.46. The summed E-state index contributed by atoms with van der Waals surface area (Å²) < 4.78 is 21.6. The van der Waals surface area contributed by atoms with Crippen LogP contribution in [0.3, 0.4) is 0 Å². The van der Waals surface area contributed by atoms with Gasteiger partial charge in [0.15, 0.2) is 0 Å². The molecular formula is C12H18N2O3S. The topological polar surface area (TPSA) is 92.4 Å². The second kappa shape index (κ2) is 5.26. The summed E-state index contributed by atoms with van der Waals surface area (Å²) in [6, 6.07) is 5.65. The first-order valence-electron chi connectivity index (χ1n) is 6.01. The minimum absolute atomic E-state index is 0.00908. The van der Waals surface area contributed by atoms with Crippen molar-refractivity contribution in [3.05, 3.63) is 29.3 Å². The molecule has 1 aromatic carbocycles. The van der Waals surface area contributed by atoms with E-state index < -0.39 is 10.0 Å². The third kappa shape index (κ3) is 3.44. The van der Waals surface area contributed by atoms with E-state index in [-0.39, 0.29) is 11.8 Å². The van der Waals surface area contributed by atoms with Crippen molar-refractivity contribution in [2.24, 2.45) is 5.14 Å². The van der Waals surface area contributed by atoms with E-state index in [9.17, 15) is 13.5 Å². The lowest BCUT2D eigenvalue weighted by Gasteiger charge is -2.13. The van der Waals surface area contributed by atoms with Crippen LogP contribution in [0.1, 0.15) is 30.0 Å². The number of hydrogen-bond donors (Lipinski definition) is 3. The van der Waals surface area contributed by atoms with E-state index in [1.165, 1.54) is 11.1 Å². The summed E-state index contributed by atoms with van der Waals surface area (Å²) in [6.07, 6.45) is 2.44. The smallest absolute Gasteiger partial charge is 0.209 e. The summed E-state index contributed by atoms with van der Waals surface area (Å²) in [5, 5.41) is 17.7. The molecule has 0 saturated carbocycles. The van der Waals surface area contributed by atoms with Gasteiger partial charge in [0.25, 0.3) is 0 Å². The van der Waals surface area contributed by atoms with Crippen molar-refractivity contribution < 1.29 is 13.5 Å². The minimum Gasteiger partial charge on any atom is -0.508 e. The van der Waals surface area contributed by atoms with Crippen LogP contribution in [0.4, 0.5) is 0 Å². The Hall–Kier alpha value is -1.11. The van der Waals surface area contributed by atoms with Crippen molar-refractivity contribution in [2.45, 2.75) is 25.3 Å². The molecule has 4 N–H and O–H groups in total. The van der Waals surface area contributed by atoms with Crippen LogP contribution in [0.25, 0.3) is 0 Å². The molecule has 0 bridgehead atoms. The van der Waals surface area contributed by atoms with Crippen molar-refractivity contribution in [1.82, 2.24) is 5.32 Å². The van der Waals surface area contributed by atoms with Crippen molar-refractivity contribution >= 4 is 10.0 Å². The number of sulfonamides is 1. The van der Waals surface area contributed by atoms with Crippen LogP contribution in [0, 0.1) is 0 Å². The quantitative estimate of drug-likeness (QED) is 0.685. The molecule has 1 aliphatic rings. The van der Waals surface area contributed by atoms with Gasteiger partial charge in [0.2, 0.25) is 10.0 Å². The van der Waals surface area contributed by atoms with Gasteiger partial charge in [-0.2, -0.15) is 0 Å². The van der Waals surface area contributed by atoms with Gasteiger partial charge in [0.1, 0.15) is 5.75 Å². The number of benzene rings is 1. The summed E-state index contributed by atoms with van der Waals surface area (Å²) in [5.41, 5.74) is 2.36. The summed E-state index contributed by atoms with van der Waals surface area (Å²) in [7, 11) is -3.36. The highest BCUT2D eigenvalue weighted by molar-refractivity contribution is 7.89. The fourth-order valence-corrected chi connectivity index (χ4v) is 2.91. The fourth-order valence-electron chi connectivity index (χ4n) is 2.37. The fraction of sp³-hybridized carbons (Fsp3) is 0.500. The molecule has 1 atom stereocenters. The van der Waals surface area contributed by atoms with Crippen LogP contribution >= 0.6 is 0 Å². The highest BCUT2D eigenvalue weighted by atomic mass is 32.2. The molecule has 5 nitrogen and oxygen atoms in total. The molecule has 0 fully saturated rings. The van der Waals surface area contributed by atoms with Gasteiger partial charge in [-0.3, -0.25) is 0 Å². The number of aryl methyl sites for hydroxylation is 1. The summed E-state index contributed by atoms with van der Waals surface area (Å²) in [4.78, 5) is 0. The third-order valence-corrected chi connectivity index (χ3v) is 4.06. The SMILES string of the molecule is NS(=O)(=O)CCCNC1CCc2cc(O)ccc21. The lowest BCUT2D eigenvalue weighted by molar-refractivity contribution is 0.474. The van der Waals surface area contributed by atoms with E-state index >= 15 is 0 Å². The molecule has 18 heavy (non-hydrogen) atoms. The first-order valence-corrected chi connectivity index (χ1v) is 7.73. The molecule has 1 aliphatic carbocycles. The van der Waals surface area contributed by atoms with Gasteiger partial charge >= 0.3 is 0 Å². The van der Waals surface area contributed by atoms with Gasteiger partial charge < -0.3 is 10.4 Å². The van der Waals surface area contributed by atoms with Gasteiger partial charge in [-0.1, -0.05) is 6.07 Å². The zero-order valence-electron chi connectivity index (χ0n) is 10.1. The molecule has 0 amide bonds. The monoisotopic (exact) mass is 270 g/mol. The van der Waals surface area contributed by atoms with Gasteiger partial charge in [0.05, 0.1) is 5.75 Å². The second-order valence-electron chi connectivity index (χ2n) is 4.65.